The van der Waals surface area contributed by atoms with Crippen molar-refractivity contribution >= 4 is 5.97 Å². The van der Waals surface area contributed by atoms with E-state index in [-0.39, 0.29) is 19.2 Å². The minimum Gasteiger partial charge on any atom is -0.457 e. The molecule has 0 aliphatic heterocycles. The number of carbonyl (C=O) groups is 1. The Kier molecular flexibility index (Phi) is 43.1. The van der Waals surface area contributed by atoms with Gasteiger partial charge in [0.05, 0.1) is 13.2 Å². The van der Waals surface area contributed by atoms with Crippen LogP contribution in [0.25, 0.3) is 0 Å². The molecule has 300 valence electrons. The van der Waals surface area contributed by atoms with Gasteiger partial charge in [0.2, 0.25) is 0 Å². The van der Waals surface area contributed by atoms with E-state index in [1.807, 2.05) is 0 Å². The molecule has 0 saturated heterocycles. The first-order chi connectivity index (χ1) is 25.7. The van der Waals surface area contributed by atoms with Gasteiger partial charge in [0.25, 0.3) is 0 Å². The fourth-order valence-electron chi connectivity index (χ4n) is 6.04. The third-order valence-corrected chi connectivity index (χ3v) is 9.30. The topological polar surface area (TPSA) is 55.8 Å². The first-order valence-electron chi connectivity index (χ1n) is 22.0. The maximum absolute atomic E-state index is 12.2. The lowest BCUT2D eigenvalue weighted by atomic mass is 10.0. The van der Waals surface area contributed by atoms with E-state index in [1.165, 1.54) is 116 Å². The Morgan fingerprint density at radius 3 is 1.27 bits per heavy atom. The zero-order valence-electron chi connectivity index (χ0n) is 34.3. The van der Waals surface area contributed by atoms with Gasteiger partial charge in [-0.25, -0.2) is 0 Å². The van der Waals surface area contributed by atoms with Crippen LogP contribution in [0.2, 0.25) is 0 Å². The first kappa shape index (κ1) is 49.8. The van der Waals surface area contributed by atoms with Crippen LogP contribution in [0.15, 0.2) is 72.9 Å². The zero-order chi connectivity index (χ0) is 37.7. The average Bonchev–Trinajstić information content (AvgIpc) is 3.15. The predicted molar refractivity (Wildman–Crippen MR) is 228 cm³/mol. The van der Waals surface area contributed by atoms with Crippen molar-refractivity contribution in [2.24, 2.45) is 0 Å². The Morgan fingerprint density at radius 1 is 0.481 bits per heavy atom. The number of allylic oxidation sites excluding steroid dienone is 12. The van der Waals surface area contributed by atoms with E-state index >= 15 is 0 Å². The summed E-state index contributed by atoms with van der Waals surface area (Å²) in [5.74, 6) is -0.242. The molecule has 0 aromatic carbocycles. The van der Waals surface area contributed by atoms with Gasteiger partial charge in [0.15, 0.2) is 0 Å². The van der Waals surface area contributed by atoms with E-state index in [9.17, 15) is 9.90 Å². The molecule has 0 fully saturated rings. The highest BCUT2D eigenvalue weighted by molar-refractivity contribution is 5.69. The van der Waals surface area contributed by atoms with Gasteiger partial charge in [-0.3, -0.25) is 4.79 Å². The molecule has 0 aliphatic carbocycles. The van der Waals surface area contributed by atoms with Crippen molar-refractivity contribution in [1.82, 2.24) is 0 Å². The van der Waals surface area contributed by atoms with Gasteiger partial charge in [-0.1, -0.05) is 202 Å². The maximum Gasteiger partial charge on any atom is 0.306 e. The van der Waals surface area contributed by atoms with Crippen LogP contribution < -0.4 is 0 Å². The first-order valence-corrected chi connectivity index (χ1v) is 22.0. The SMILES string of the molecule is CC/C=C\C/C=C\C/C=C\C/C=C\C/C=C\C/C=C\CCCCC(=O)OC(CO)COCCCCCCCCCCCCCCCCCCCCC. The average molecular weight is 725 g/mol. The summed E-state index contributed by atoms with van der Waals surface area (Å²) in [5.41, 5.74) is 0. The molecule has 0 heterocycles. The highest BCUT2D eigenvalue weighted by Crippen LogP contribution is 2.15. The number of esters is 1. The summed E-state index contributed by atoms with van der Waals surface area (Å²) in [5, 5.41) is 9.60. The van der Waals surface area contributed by atoms with Crippen molar-refractivity contribution in [3.63, 3.8) is 0 Å². The second-order valence-corrected chi connectivity index (χ2v) is 14.4. The van der Waals surface area contributed by atoms with Crippen LogP contribution in [0, 0.1) is 0 Å². The summed E-state index contributed by atoms with van der Waals surface area (Å²) in [7, 11) is 0. The van der Waals surface area contributed by atoms with Crippen LogP contribution in [0.1, 0.15) is 200 Å². The van der Waals surface area contributed by atoms with Crippen molar-refractivity contribution in [2.75, 3.05) is 19.8 Å². The number of aliphatic hydroxyl groups is 1. The number of ether oxygens (including phenoxy) is 2. The van der Waals surface area contributed by atoms with Crippen LogP contribution in [-0.4, -0.2) is 37.0 Å². The molecule has 0 aliphatic rings. The van der Waals surface area contributed by atoms with Crippen LogP contribution >= 0.6 is 0 Å². The molecule has 0 aromatic heterocycles. The van der Waals surface area contributed by atoms with Crippen molar-refractivity contribution in [3.05, 3.63) is 72.9 Å². The van der Waals surface area contributed by atoms with Crippen molar-refractivity contribution in [2.45, 2.75) is 206 Å². The number of hydrogen-bond acceptors (Lipinski definition) is 4. The van der Waals surface area contributed by atoms with Gasteiger partial charge in [0, 0.05) is 13.0 Å². The molecule has 0 saturated carbocycles. The summed E-state index contributed by atoms with van der Waals surface area (Å²) in [6.07, 6.45) is 61.1. The molecule has 4 nitrogen and oxygen atoms in total. The molecule has 4 heteroatoms. The monoisotopic (exact) mass is 725 g/mol. The van der Waals surface area contributed by atoms with Crippen LogP contribution in [0.3, 0.4) is 0 Å². The van der Waals surface area contributed by atoms with Gasteiger partial charge in [-0.15, -0.1) is 0 Å². The molecular weight excluding hydrogens is 641 g/mol. The quantitative estimate of drug-likeness (QED) is 0.0388. The van der Waals surface area contributed by atoms with Crippen molar-refractivity contribution in [1.29, 1.82) is 0 Å². The van der Waals surface area contributed by atoms with E-state index in [4.69, 9.17) is 9.47 Å². The normalized spacial score (nSPS) is 13.1. The third-order valence-electron chi connectivity index (χ3n) is 9.30. The molecule has 0 rings (SSSR count). The molecule has 1 atom stereocenters. The van der Waals surface area contributed by atoms with Gasteiger partial charge in [-0.2, -0.15) is 0 Å². The Balaban J connectivity index is 3.53. The van der Waals surface area contributed by atoms with E-state index in [1.54, 1.807) is 0 Å². The molecular formula is C48H84O4. The van der Waals surface area contributed by atoms with Gasteiger partial charge in [0.1, 0.15) is 6.10 Å². The Labute approximate surface area is 323 Å². The van der Waals surface area contributed by atoms with Gasteiger partial charge >= 0.3 is 5.97 Å². The predicted octanol–water partition coefficient (Wildman–Crippen LogP) is 14.6. The number of carbonyl (C=O) groups excluding carboxylic acids is 1. The molecule has 52 heavy (non-hydrogen) atoms. The summed E-state index contributed by atoms with van der Waals surface area (Å²) < 4.78 is 11.1. The molecule has 0 radical (unpaired) electrons. The molecule has 0 spiro atoms. The largest absolute Gasteiger partial charge is 0.457 e. The van der Waals surface area contributed by atoms with Crippen LogP contribution in [0.5, 0.6) is 0 Å². The number of rotatable bonds is 40. The number of hydrogen-bond donors (Lipinski definition) is 1. The lowest BCUT2D eigenvalue weighted by Crippen LogP contribution is -2.27. The number of unbranched alkanes of at least 4 members (excludes halogenated alkanes) is 20. The summed E-state index contributed by atoms with van der Waals surface area (Å²) in [6.45, 7) is 5.20. The van der Waals surface area contributed by atoms with Crippen LogP contribution in [0.4, 0.5) is 0 Å². The fraction of sp³-hybridized carbons (Fsp3) is 0.729. The molecule has 0 aromatic rings. The molecule has 0 bridgehead atoms. The van der Waals surface area contributed by atoms with E-state index in [0.717, 1.165) is 64.2 Å². The van der Waals surface area contributed by atoms with Crippen molar-refractivity contribution in [3.8, 4) is 0 Å². The third kappa shape index (κ3) is 42.2. The fourth-order valence-corrected chi connectivity index (χ4v) is 6.04. The zero-order valence-corrected chi connectivity index (χ0v) is 34.3. The Hall–Kier alpha value is -2.17. The minimum atomic E-state index is -0.559. The summed E-state index contributed by atoms with van der Waals surface area (Å²) in [6, 6.07) is 0. The lowest BCUT2D eigenvalue weighted by Gasteiger charge is -2.15. The molecule has 0 amide bonds. The lowest BCUT2D eigenvalue weighted by molar-refractivity contribution is -0.154. The van der Waals surface area contributed by atoms with E-state index in [0.29, 0.717) is 13.0 Å². The highest BCUT2D eigenvalue weighted by Gasteiger charge is 2.13. The van der Waals surface area contributed by atoms with Gasteiger partial charge < -0.3 is 14.6 Å². The molecule has 1 unspecified atom stereocenters. The highest BCUT2D eigenvalue weighted by atomic mass is 16.6. The standard InChI is InChI=1S/C48H84O4/c1-3-5-7-9-11-13-15-17-19-21-23-24-25-27-29-31-33-35-37-39-41-43-48(50)52-47(45-49)46-51-44-42-40-38-36-34-32-30-28-26-22-20-18-16-14-12-10-8-6-4-2/h5,7,11,13,17,19,23-24,27,29,33,35,47,49H,3-4,6,8-10,12,14-16,18,20-22,25-26,28,30-32,34,36-46H2,1-2H3/b7-5-,13-11-,19-17-,24-23-,29-27-,35-33-. The Bertz CT molecular complexity index is 896. The second kappa shape index (κ2) is 45.0. The maximum atomic E-state index is 12.2. The summed E-state index contributed by atoms with van der Waals surface area (Å²) >= 11 is 0. The van der Waals surface area contributed by atoms with Gasteiger partial charge in [-0.05, 0) is 64.2 Å². The smallest absolute Gasteiger partial charge is 0.306 e. The van der Waals surface area contributed by atoms with Crippen molar-refractivity contribution < 1.29 is 19.4 Å². The summed E-state index contributed by atoms with van der Waals surface area (Å²) in [4.78, 5) is 12.2. The van der Waals surface area contributed by atoms with E-state index in [2.05, 4.69) is 86.8 Å². The number of aliphatic hydroxyl groups excluding tert-OH is 1. The second-order valence-electron chi connectivity index (χ2n) is 14.4. The van der Waals surface area contributed by atoms with Crippen LogP contribution in [-0.2, 0) is 14.3 Å². The Morgan fingerprint density at radius 2 is 0.865 bits per heavy atom. The minimum absolute atomic E-state index is 0.191. The molecule has 1 N–H and O–H groups in total. The van der Waals surface area contributed by atoms with E-state index < -0.39 is 6.10 Å².